The maximum Gasteiger partial charge on any atom is 0.315 e. The first-order valence-electron chi connectivity index (χ1n) is 5.82. The van der Waals surface area contributed by atoms with Crippen molar-refractivity contribution in [2.45, 2.75) is 13.8 Å². The molecule has 0 unspecified atom stereocenters. The molecule has 19 heavy (non-hydrogen) atoms. The van der Waals surface area contributed by atoms with Gasteiger partial charge in [0.05, 0.1) is 18.1 Å². The van der Waals surface area contributed by atoms with Gasteiger partial charge in [-0.05, 0) is 37.6 Å². The average Bonchev–Trinajstić information content (AvgIpc) is 2.33. The molecule has 0 saturated heterocycles. The summed E-state index contributed by atoms with van der Waals surface area (Å²) in [4.78, 5) is 22.8. The van der Waals surface area contributed by atoms with E-state index in [0.717, 1.165) is 11.3 Å². The number of ether oxygens (including phenoxy) is 1. The number of carbonyl (C=O) groups is 2. The third-order valence-electron chi connectivity index (χ3n) is 2.22. The van der Waals surface area contributed by atoms with Crippen LogP contribution in [-0.2, 0) is 14.3 Å². The molecule has 0 aliphatic rings. The minimum atomic E-state index is -0.303. The fraction of sp³-hybridized carbons (Fsp3) is 0.385. The second kappa shape index (κ2) is 8.07. The van der Waals surface area contributed by atoms with E-state index in [1.165, 1.54) is 11.8 Å². The summed E-state index contributed by atoms with van der Waals surface area (Å²) < 4.78 is 4.77. The van der Waals surface area contributed by atoms with Crippen LogP contribution in [0.25, 0.3) is 0 Å². The van der Waals surface area contributed by atoms with Gasteiger partial charge in [0.2, 0.25) is 5.91 Å². The molecule has 0 radical (unpaired) electrons. The number of thioether (sulfide) groups is 1. The standard InChI is InChI=1S/C13H16ClNO3S/c1-3-18-13(17)8-19-7-12(16)15-11-5-4-10(14)6-9(11)2/h4-6H,3,7-8H2,1-2H3,(H,15,16). The fourth-order valence-electron chi connectivity index (χ4n) is 1.38. The zero-order valence-corrected chi connectivity index (χ0v) is 12.4. The van der Waals surface area contributed by atoms with Crippen LogP contribution in [0.15, 0.2) is 18.2 Å². The highest BCUT2D eigenvalue weighted by Crippen LogP contribution is 2.19. The molecule has 0 aromatic heterocycles. The van der Waals surface area contributed by atoms with Crippen molar-refractivity contribution in [3.63, 3.8) is 0 Å². The number of aryl methyl sites for hydroxylation is 1. The Labute approximate surface area is 121 Å². The quantitative estimate of drug-likeness (QED) is 0.821. The van der Waals surface area contributed by atoms with E-state index in [0.29, 0.717) is 11.6 Å². The lowest BCUT2D eigenvalue weighted by Crippen LogP contribution is -2.16. The Hall–Kier alpha value is -1.20. The first-order valence-corrected chi connectivity index (χ1v) is 7.35. The van der Waals surface area contributed by atoms with Crippen molar-refractivity contribution in [3.05, 3.63) is 28.8 Å². The monoisotopic (exact) mass is 301 g/mol. The van der Waals surface area contributed by atoms with E-state index in [9.17, 15) is 9.59 Å². The highest BCUT2D eigenvalue weighted by atomic mass is 35.5. The van der Waals surface area contributed by atoms with E-state index in [2.05, 4.69) is 5.32 Å². The second-order valence-electron chi connectivity index (χ2n) is 3.81. The van der Waals surface area contributed by atoms with Gasteiger partial charge in [-0.3, -0.25) is 9.59 Å². The van der Waals surface area contributed by atoms with E-state index in [-0.39, 0.29) is 23.4 Å². The maximum absolute atomic E-state index is 11.7. The van der Waals surface area contributed by atoms with Crippen molar-refractivity contribution in [2.75, 3.05) is 23.4 Å². The number of nitrogens with one attached hydrogen (secondary N) is 1. The minimum absolute atomic E-state index is 0.153. The summed E-state index contributed by atoms with van der Waals surface area (Å²) in [5, 5.41) is 3.40. The summed E-state index contributed by atoms with van der Waals surface area (Å²) in [5.41, 5.74) is 1.63. The summed E-state index contributed by atoms with van der Waals surface area (Å²) in [6.45, 7) is 3.97. The Kier molecular flexibility index (Phi) is 6.73. The van der Waals surface area contributed by atoms with Crippen LogP contribution in [0.5, 0.6) is 0 Å². The summed E-state index contributed by atoms with van der Waals surface area (Å²) in [5.74, 6) is -0.0652. The van der Waals surface area contributed by atoms with Gasteiger partial charge in [0.1, 0.15) is 0 Å². The van der Waals surface area contributed by atoms with Gasteiger partial charge in [0, 0.05) is 10.7 Å². The van der Waals surface area contributed by atoms with Crippen LogP contribution in [0.1, 0.15) is 12.5 Å². The molecule has 0 aliphatic carbocycles. The van der Waals surface area contributed by atoms with Gasteiger partial charge in [0.15, 0.2) is 0 Å². The number of amides is 1. The average molecular weight is 302 g/mol. The lowest BCUT2D eigenvalue weighted by atomic mass is 10.2. The number of halogens is 1. The SMILES string of the molecule is CCOC(=O)CSCC(=O)Nc1ccc(Cl)cc1C. The Morgan fingerprint density at radius 3 is 2.74 bits per heavy atom. The molecule has 4 nitrogen and oxygen atoms in total. The molecule has 0 fully saturated rings. The Morgan fingerprint density at radius 2 is 2.11 bits per heavy atom. The molecule has 1 amide bonds. The van der Waals surface area contributed by atoms with Crippen LogP contribution in [-0.4, -0.2) is 30.0 Å². The van der Waals surface area contributed by atoms with E-state index in [1.54, 1.807) is 25.1 Å². The van der Waals surface area contributed by atoms with Crippen molar-refractivity contribution < 1.29 is 14.3 Å². The lowest BCUT2D eigenvalue weighted by molar-refractivity contribution is -0.139. The van der Waals surface area contributed by atoms with Gasteiger partial charge < -0.3 is 10.1 Å². The normalized spacial score (nSPS) is 10.1. The molecule has 0 aliphatic heterocycles. The summed E-state index contributed by atoms with van der Waals surface area (Å²) >= 11 is 7.06. The first kappa shape index (κ1) is 15.9. The second-order valence-corrected chi connectivity index (χ2v) is 5.23. The highest BCUT2D eigenvalue weighted by molar-refractivity contribution is 8.00. The number of rotatable bonds is 6. The largest absolute Gasteiger partial charge is 0.465 e. The van der Waals surface area contributed by atoms with Gasteiger partial charge in [-0.1, -0.05) is 11.6 Å². The van der Waals surface area contributed by atoms with Crippen molar-refractivity contribution in [1.29, 1.82) is 0 Å². The van der Waals surface area contributed by atoms with Crippen LogP contribution in [0.4, 0.5) is 5.69 Å². The number of hydrogen-bond donors (Lipinski definition) is 1. The van der Waals surface area contributed by atoms with E-state index in [4.69, 9.17) is 16.3 Å². The summed E-state index contributed by atoms with van der Waals surface area (Å²) in [6.07, 6.45) is 0. The molecule has 0 atom stereocenters. The number of benzene rings is 1. The molecule has 1 aromatic rings. The zero-order chi connectivity index (χ0) is 14.3. The predicted octanol–water partition coefficient (Wildman–Crippen LogP) is 2.88. The number of anilines is 1. The van der Waals surface area contributed by atoms with E-state index < -0.39 is 0 Å². The molecular weight excluding hydrogens is 286 g/mol. The van der Waals surface area contributed by atoms with Gasteiger partial charge >= 0.3 is 5.97 Å². The minimum Gasteiger partial charge on any atom is -0.465 e. The third-order valence-corrected chi connectivity index (χ3v) is 3.36. The summed E-state index contributed by atoms with van der Waals surface area (Å²) in [7, 11) is 0. The topological polar surface area (TPSA) is 55.4 Å². The molecular formula is C13H16ClNO3S. The predicted molar refractivity (Wildman–Crippen MR) is 78.8 cm³/mol. The molecule has 6 heteroatoms. The molecule has 0 heterocycles. The van der Waals surface area contributed by atoms with Gasteiger partial charge in [-0.15, -0.1) is 11.8 Å². The Morgan fingerprint density at radius 1 is 1.37 bits per heavy atom. The third kappa shape index (κ3) is 5.98. The van der Waals surface area contributed by atoms with Crippen molar-refractivity contribution in [1.82, 2.24) is 0 Å². The van der Waals surface area contributed by atoms with Crippen molar-refractivity contribution in [2.24, 2.45) is 0 Å². The molecule has 1 rings (SSSR count). The van der Waals surface area contributed by atoms with Crippen LogP contribution < -0.4 is 5.32 Å². The molecule has 1 aromatic carbocycles. The first-order chi connectivity index (χ1) is 9.02. The van der Waals surface area contributed by atoms with E-state index >= 15 is 0 Å². The van der Waals surface area contributed by atoms with Gasteiger partial charge in [-0.25, -0.2) is 0 Å². The van der Waals surface area contributed by atoms with Crippen LogP contribution in [0.3, 0.4) is 0 Å². The number of carbonyl (C=O) groups excluding carboxylic acids is 2. The van der Waals surface area contributed by atoms with E-state index in [1.807, 2.05) is 6.92 Å². The molecule has 1 N–H and O–H groups in total. The van der Waals surface area contributed by atoms with Crippen LogP contribution in [0, 0.1) is 6.92 Å². The van der Waals surface area contributed by atoms with Gasteiger partial charge in [-0.2, -0.15) is 0 Å². The molecule has 0 spiro atoms. The van der Waals surface area contributed by atoms with Gasteiger partial charge in [0.25, 0.3) is 0 Å². The zero-order valence-electron chi connectivity index (χ0n) is 10.9. The highest BCUT2D eigenvalue weighted by Gasteiger charge is 2.07. The Bertz CT molecular complexity index is 465. The number of esters is 1. The molecule has 0 saturated carbocycles. The van der Waals surface area contributed by atoms with Crippen LogP contribution in [0.2, 0.25) is 5.02 Å². The molecule has 104 valence electrons. The smallest absolute Gasteiger partial charge is 0.315 e. The van der Waals surface area contributed by atoms with Crippen LogP contribution >= 0.6 is 23.4 Å². The van der Waals surface area contributed by atoms with Crippen molar-refractivity contribution >= 4 is 40.9 Å². The Balaban J connectivity index is 2.37. The maximum atomic E-state index is 11.7. The lowest BCUT2D eigenvalue weighted by Gasteiger charge is -2.08. The summed E-state index contributed by atoms with van der Waals surface area (Å²) in [6, 6.07) is 5.25. The number of hydrogen-bond acceptors (Lipinski definition) is 4. The van der Waals surface area contributed by atoms with Crippen molar-refractivity contribution in [3.8, 4) is 0 Å². The fourth-order valence-corrected chi connectivity index (χ4v) is 2.22. The molecule has 0 bridgehead atoms.